The van der Waals surface area contributed by atoms with Crippen LogP contribution in [0, 0.1) is 5.82 Å². The monoisotopic (exact) mass is 281 g/mol. The van der Waals surface area contributed by atoms with Crippen molar-refractivity contribution in [3.63, 3.8) is 0 Å². The Balaban J connectivity index is 2.59. The fourth-order valence-electron chi connectivity index (χ4n) is 1.48. The summed E-state index contributed by atoms with van der Waals surface area (Å²) < 4.78 is 13.0. The Bertz CT molecular complexity index is 565. The molecular formula is C12H9BrFNO. The van der Waals surface area contributed by atoms with Crippen molar-refractivity contribution in [3.05, 3.63) is 58.3 Å². The fourth-order valence-corrected chi connectivity index (χ4v) is 1.80. The summed E-state index contributed by atoms with van der Waals surface area (Å²) in [5, 5.41) is 0.645. The maximum Gasteiger partial charge on any atom is 0.255 e. The van der Waals surface area contributed by atoms with E-state index in [0.29, 0.717) is 16.5 Å². The minimum atomic E-state index is -0.346. The van der Waals surface area contributed by atoms with Crippen LogP contribution in [0.25, 0.3) is 11.1 Å². The van der Waals surface area contributed by atoms with Crippen LogP contribution in [-0.2, 0) is 5.33 Å². The van der Waals surface area contributed by atoms with Gasteiger partial charge in [0.05, 0.1) is 0 Å². The number of hydrogen-bond acceptors (Lipinski definition) is 1. The van der Waals surface area contributed by atoms with Crippen molar-refractivity contribution < 1.29 is 4.39 Å². The fraction of sp³-hybridized carbons (Fsp3) is 0.0833. The molecule has 1 aromatic heterocycles. The highest BCUT2D eigenvalue weighted by Crippen LogP contribution is 2.17. The van der Waals surface area contributed by atoms with Gasteiger partial charge in [-0.05, 0) is 29.3 Å². The average Bonchev–Trinajstić information content (AvgIpc) is 2.30. The van der Waals surface area contributed by atoms with Crippen LogP contribution in [0.4, 0.5) is 4.39 Å². The molecule has 82 valence electrons. The predicted octanol–water partition coefficient (Wildman–Crippen LogP) is 3.08. The minimum absolute atomic E-state index is 0.213. The van der Waals surface area contributed by atoms with Crippen molar-refractivity contribution in [2.45, 2.75) is 5.33 Å². The summed E-state index contributed by atoms with van der Waals surface area (Å²) in [6.07, 6.45) is 1.64. The number of aromatic nitrogens is 1. The summed E-state index contributed by atoms with van der Waals surface area (Å²) in [6.45, 7) is 0. The molecule has 0 spiro atoms. The van der Waals surface area contributed by atoms with Crippen LogP contribution < -0.4 is 5.56 Å². The number of pyridine rings is 1. The van der Waals surface area contributed by atoms with Gasteiger partial charge in [-0.15, -0.1) is 0 Å². The summed E-state index contributed by atoms with van der Waals surface area (Å²) >= 11 is 3.31. The van der Waals surface area contributed by atoms with Crippen LogP contribution in [0.15, 0.2) is 41.3 Å². The van der Waals surface area contributed by atoms with E-state index in [1.54, 1.807) is 24.4 Å². The molecule has 0 radical (unpaired) electrons. The standard InChI is InChI=1S/C12H9BrFNO/c13-6-8-4-11(12(16)15-7-8)9-2-1-3-10(14)5-9/h1-5,7H,6H2,(H,15,16). The van der Waals surface area contributed by atoms with Crippen LogP contribution in [0.3, 0.4) is 0 Å². The largest absolute Gasteiger partial charge is 0.328 e. The molecule has 2 rings (SSSR count). The highest BCUT2D eigenvalue weighted by atomic mass is 79.9. The van der Waals surface area contributed by atoms with E-state index < -0.39 is 0 Å². The lowest BCUT2D eigenvalue weighted by molar-refractivity contribution is 0.628. The molecule has 1 N–H and O–H groups in total. The molecule has 4 heteroatoms. The third-order valence-electron chi connectivity index (χ3n) is 2.25. The molecular weight excluding hydrogens is 273 g/mol. The van der Waals surface area contributed by atoms with Gasteiger partial charge in [0.15, 0.2) is 0 Å². The first kappa shape index (κ1) is 11.1. The molecule has 0 unspecified atom stereocenters. The Labute approximate surface area is 100 Å². The summed E-state index contributed by atoms with van der Waals surface area (Å²) in [5.41, 5.74) is 1.80. The molecule has 0 atom stereocenters. The third-order valence-corrected chi connectivity index (χ3v) is 2.90. The Morgan fingerprint density at radius 2 is 2.12 bits per heavy atom. The van der Waals surface area contributed by atoms with Gasteiger partial charge in [0.25, 0.3) is 5.56 Å². The van der Waals surface area contributed by atoms with Crippen molar-refractivity contribution >= 4 is 15.9 Å². The van der Waals surface area contributed by atoms with Crippen molar-refractivity contribution in [1.29, 1.82) is 0 Å². The van der Waals surface area contributed by atoms with E-state index >= 15 is 0 Å². The molecule has 1 heterocycles. The van der Waals surface area contributed by atoms with Gasteiger partial charge in [0, 0.05) is 17.1 Å². The van der Waals surface area contributed by atoms with Gasteiger partial charge in [-0.2, -0.15) is 0 Å². The van der Waals surface area contributed by atoms with Gasteiger partial charge in [-0.3, -0.25) is 4.79 Å². The SMILES string of the molecule is O=c1[nH]cc(CBr)cc1-c1cccc(F)c1. The van der Waals surface area contributed by atoms with Gasteiger partial charge in [-0.1, -0.05) is 28.1 Å². The first-order valence-corrected chi connectivity index (χ1v) is 5.86. The van der Waals surface area contributed by atoms with Gasteiger partial charge in [0.1, 0.15) is 5.82 Å². The number of halogens is 2. The second kappa shape index (κ2) is 4.61. The van der Waals surface area contributed by atoms with Crippen LogP contribution >= 0.6 is 15.9 Å². The molecule has 2 aromatic rings. The van der Waals surface area contributed by atoms with Crippen molar-refractivity contribution in [3.8, 4) is 11.1 Å². The van der Waals surface area contributed by atoms with E-state index in [9.17, 15) is 9.18 Å². The average molecular weight is 282 g/mol. The number of benzene rings is 1. The van der Waals surface area contributed by atoms with Crippen LogP contribution in [0.1, 0.15) is 5.56 Å². The summed E-state index contributed by atoms with van der Waals surface area (Å²) in [5.74, 6) is -0.346. The molecule has 0 amide bonds. The Hall–Kier alpha value is -1.42. The van der Waals surface area contributed by atoms with Crippen molar-refractivity contribution in [2.75, 3.05) is 0 Å². The number of nitrogens with one attached hydrogen (secondary N) is 1. The molecule has 0 saturated heterocycles. The zero-order valence-corrected chi connectivity index (χ0v) is 9.92. The van der Waals surface area contributed by atoms with E-state index in [-0.39, 0.29) is 11.4 Å². The quantitative estimate of drug-likeness (QED) is 0.844. The normalized spacial score (nSPS) is 10.4. The van der Waals surface area contributed by atoms with E-state index in [1.807, 2.05) is 0 Å². The van der Waals surface area contributed by atoms with Gasteiger partial charge < -0.3 is 4.98 Å². The lowest BCUT2D eigenvalue weighted by Crippen LogP contribution is -2.08. The first-order valence-electron chi connectivity index (χ1n) is 4.74. The predicted molar refractivity (Wildman–Crippen MR) is 65.1 cm³/mol. The zero-order chi connectivity index (χ0) is 11.5. The van der Waals surface area contributed by atoms with Gasteiger partial charge in [0.2, 0.25) is 0 Å². The summed E-state index contributed by atoms with van der Waals surface area (Å²) in [6, 6.07) is 7.76. The second-order valence-electron chi connectivity index (χ2n) is 3.39. The summed E-state index contributed by atoms with van der Waals surface area (Å²) in [4.78, 5) is 14.2. The van der Waals surface area contributed by atoms with Gasteiger partial charge in [-0.25, -0.2) is 4.39 Å². The van der Waals surface area contributed by atoms with Crippen LogP contribution in [-0.4, -0.2) is 4.98 Å². The molecule has 16 heavy (non-hydrogen) atoms. The number of rotatable bonds is 2. The molecule has 0 aliphatic rings. The number of aromatic amines is 1. The molecule has 0 aliphatic heterocycles. The first-order chi connectivity index (χ1) is 7.70. The number of alkyl halides is 1. The molecule has 0 bridgehead atoms. The summed E-state index contributed by atoms with van der Waals surface area (Å²) in [7, 11) is 0. The van der Waals surface area contributed by atoms with Crippen molar-refractivity contribution in [1.82, 2.24) is 4.98 Å². The van der Waals surface area contributed by atoms with E-state index in [1.165, 1.54) is 12.1 Å². The zero-order valence-electron chi connectivity index (χ0n) is 8.34. The Morgan fingerprint density at radius 1 is 1.31 bits per heavy atom. The lowest BCUT2D eigenvalue weighted by atomic mass is 10.1. The smallest absolute Gasteiger partial charge is 0.255 e. The maximum atomic E-state index is 13.0. The Morgan fingerprint density at radius 3 is 2.81 bits per heavy atom. The maximum absolute atomic E-state index is 13.0. The molecule has 0 saturated carbocycles. The van der Waals surface area contributed by atoms with E-state index in [2.05, 4.69) is 20.9 Å². The topological polar surface area (TPSA) is 32.9 Å². The Kier molecular flexibility index (Phi) is 3.19. The highest BCUT2D eigenvalue weighted by Gasteiger charge is 2.05. The lowest BCUT2D eigenvalue weighted by Gasteiger charge is -2.02. The van der Waals surface area contributed by atoms with Crippen molar-refractivity contribution in [2.24, 2.45) is 0 Å². The molecule has 0 fully saturated rings. The second-order valence-corrected chi connectivity index (χ2v) is 3.96. The van der Waals surface area contributed by atoms with Crippen LogP contribution in [0.5, 0.6) is 0 Å². The molecule has 1 aromatic carbocycles. The molecule has 0 aliphatic carbocycles. The van der Waals surface area contributed by atoms with E-state index in [4.69, 9.17) is 0 Å². The van der Waals surface area contributed by atoms with Gasteiger partial charge >= 0.3 is 0 Å². The van der Waals surface area contributed by atoms with Crippen LogP contribution in [0.2, 0.25) is 0 Å². The van der Waals surface area contributed by atoms with E-state index in [0.717, 1.165) is 5.56 Å². The highest BCUT2D eigenvalue weighted by molar-refractivity contribution is 9.08. The number of hydrogen-bond donors (Lipinski definition) is 1. The minimum Gasteiger partial charge on any atom is -0.328 e. The number of H-pyrrole nitrogens is 1. The molecule has 2 nitrogen and oxygen atoms in total. The third kappa shape index (κ3) is 2.22.